The van der Waals surface area contributed by atoms with Gasteiger partial charge in [0.05, 0.1) is 0 Å². The molecule has 0 aromatic heterocycles. The van der Waals surface area contributed by atoms with E-state index < -0.39 is 0 Å². The molecule has 2 fully saturated rings. The van der Waals surface area contributed by atoms with E-state index in [4.69, 9.17) is 0 Å². The van der Waals surface area contributed by atoms with Crippen molar-refractivity contribution in [3.63, 3.8) is 0 Å². The van der Waals surface area contributed by atoms with Crippen molar-refractivity contribution < 1.29 is 4.79 Å². The van der Waals surface area contributed by atoms with Crippen molar-refractivity contribution in [1.29, 1.82) is 0 Å². The molecule has 1 amide bonds. The molecule has 0 aromatic rings. The Kier molecular flexibility index (Phi) is 2.57. The van der Waals surface area contributed by atoms with Crippen LogP contribution in [0.1, 0.15) is 39.5 Å². The van der Waals surface area contributed by atoms with E-state index in [1.165, 1.54) is 32.6 Å². The maximum Gasteiger partial charge on any atom is 0.236 e. The molecule has 0 heterocycles. The van der Waals surface area contributed by atoms with Crippen LogP contribution in [0.5, 0.6) is 0 Å². The number of rotatable bonds is 2. The summed E-state index contributed by atoms with van der Waals surface area (Å²) in [4.78, 5) is 10.7. The molecule has 2 aliphatic carbocycles. The highest BCUT2D eigenvalue weighted by molar-refractivity contribution is 5.86. The van der Waals surface area contributed by atoms with Crippen LogP contribution in [0.15, 0.2) is 5.10 Å². The molecule has 0 saturated heterocycles. The van der Waals surface area contributed by atoms with Crippen molar-refractivity contribution in [3.05, 3.63) is 0 Å². The van der Waals surface area contributed by atoms with Crippen LogP contribution in [0.25, 0.3) is 0 Å². The van der Waals surface area contributed by atoms with Crippen LogP contribution in [0.3, 0.4) is 0 Å². The number of fused-ring (bicyclic) bond motifs is 2. The lowest BCUT2D eigenvalue weighted by atomic mass is 9.86. The molecule has 2 aliphatic rings. The number of nitrogens with one attached hydrogen (secondary N) is 1. The number of hydrogen-bond acceptors (Lipinski definition) is 2. The van der Waals surface area contributed by atoms with E-state index in [2.05, 4.69) is 10.5 Å². The largest absolute Gasteiger partial charge is 0.274 e. The van der Waals surface area contributed by atoms with Gasteiger partial charge in [-0.15, -0.1) is 0 Å². The van der Waals surface area contributed by atoms with Crippen LogP contribution in [0.4, 0.5) is 0 Å². The second-order valence-electron chi connectivity index (χ2n) is 4.70. The van der Waals surface area contributed by atoms with Gasteiger partial charge in [0.2, 0.25) is 5.91 Å². The molecule has 3 atom stereocenters. The van der Waals surface area contributed by atoms with Gasteiger partial charge in [-0.3, -0.25) is 4.79 Å². The normalized spacial score (nSPS) is 36.1. The summed E-state index contributed by atoms with van der Waals surface area (Å²) in [6.07, 6.45) is 5.45. The van der Waals surface area contributed by atoms with Crippen molar-refractivity contribution in [3.8, 4) is 0 Å². The van der Waals surface area contributed by atoms with Gasteiger partial charge in [-0.05, 0) is 38.0 Å². The molecule has 3 heteroatoms. The van der Waals surface area contributed by atoms with Crippen LogP contribution in [0, 0.1) is 17.8 Å². The number of carbonyl (C=O) groups is 1. The Hall–Kier alpha value is -0.860. The maximum atomic E-state index is 10.7. The Labute approximate surface area is 85.0 Å². The molecule has 1 N–H and O–H groups in total. The van der Waals surface area contributed by atoms with Gasteiger partial charge in [0.15, 0.2) is 0 Å². The molecule has 2 rings (SSSR count). The van der Waals surface area contributed by atoms with Crippen LogP contribution in [0.2, 0.25) is 0 Å². The second kappa shape index (κ2) is 3.71. The van der Waals surface area contributed by atoms with E-state index in [1.807, 2.05) is 6.92 Å². The van der Waals surface area contributed by atoms with Gasteiger partial charge in [0.1, 0.15) is 0 Å². The summed E-state index contributed by atoms with van der Waals surface area (Å²) in [5.41, 5.74) is 3.65. The summed E-state index contributed by atoms with van der Waals surface area (Å²) in [5.74, 6) is 2.35. The zero-order valence-corrected chi connectivity index (χ0v) is 8.92. The Morgan fingerprint density at radius 3 is 2.57 bits per heavy atom. The first-order valence-electron chi connectivity index (χ1n) is 5.47. The molecule has 3 nitrogen and oxygen atoms in total. The van der Waals surface area contributed by atoms with E-state index in [0.29, 0.717) is 5.92 Å². The average Bonchev–Trinajstić information content (AvgIpc) is 2.74. The SMILES string of the molecule is CC(=O)N/N=C(/C)C1CC2CCC1C2. The Morgan fingerprint density at radius 1 is 1.29 bits per heavy atom. The van der Waals surface area contributed by atoms with Gasteiger partial charge >= 0.3 is 0 Å². The topological polar surface area (TPSA) is 41.5 Å². The Balaban J connectivity index is 1.95. The molecule has 3 unspecified atom stereocenters. The third kappa shape index (κ3) is 1.81. The highest BCUT2D eigenvalue weighted by Gasteiger charge is 2.40. The van der Waals surface area contributed by atoms with E-state index in [0.717, 1.165) is 17.5 Å². The minimum absolute atomic E-state index is 0.0764. The summed E-state index contributed by atoms with van der Waals surface area (Å²) in [7, 11) is 0. The number of hydrazone groups is 1. The van der Waals surface area contributed by atoms with E-state index in [-0.39, 0.29) is 5.91 Å². The van der Waals surface area contributed by atoms with Gasteiger partial charge < -0.3 is 0 Å². The molecule has 2 bridgehead atoms. The molecule has 14 heavy (non-hydrogen) atoms. The number of amides is 1. The van der Waals surface area contributed by atoms with Crippen molar-refractivity contribution in [2.45, 2.75) is 39.5 Å². The molecule has 2 saturated carbocycles. The van der Waals surface area contributed by atoms with E-state index in [1.54, 1.807) is 0 Å². The summed E-state index contributed by atoms with van der Waals surface area (Å²) >= 11 is 0. The molecule has 78 valence electrons. The molecule has 0 aromatic carbocycles. The first kappa shape index (κ1) is 9.69. The lowest BCUT2D eigenvalue weighted by molar-refractivity contribution is -0.118. The second-order valence-corrected chi connectivity index (χ2v) is 4.70. The molecule has 0 spiro atoms. The molecular weight excluding hydrogens is 176 g/mol. The van der Waals surface area contributed by atoms with Crippen molar-refractivity contribution in [1.82, 2.24) is 5.43 Å². The predicted octanol–water partition coefficient (Wildman–Crippen LogP) is 1.93. The van der Waals surface area contributed by atoms with Crippen LogP contribution in [-0.2, 0) is 4.79 Å². The molecular formula is C11H18N2O. The minimum Gasteiger partial charge on any atom is -0.274 e. The zero-order chi connectivity index (χ0) is 10.1. The Morgan fingerprint density at radius 2 is 2.07 bits per heavy atom. The van der Waals surface area contributed by atoms with Crippen molar-refractivity contribution in [2.75, 3.05) is 0 Å². The summed E-state index contributed by atoms with van der Waals surface area (Å²) in [6, 6.07) is 0. The van der Waals surface area contributed by atoms with Gasteiger partial charge in [-0.1, -0.05) is 6.42 Å². The van der Waals surface area contributed by atoms with E-state index >= 15 is 0 Å². The summed E-state index contributed by atoms with van der Waals surface area (Å²) < 4.78 is 0. The number of nitrogens with zero attached hydrogens (tertiary/aromatic N) is 1. The predicted molar refractivity (Wildman–Crippen MR) is 55.9 cm³/mol. The van der Waals surface area contributed by atoms with Crippen molar-refractivity contribution >= 4 is 11.6 Å². The fraction of sp³-hybridized carbons (Fsp3) is 0.818. The number of hydrogen-bond donors (Lipinski definition) is 1. The average molecular weight is 194 g/mol. The van der Waals surface area contributed by atoms with Gasteiger partial charge in [-0.2, -0.15) is 5.10 Å². The van der Waals surface area contributed by atoms with Gasteiger partial charge in [-0.25, -0.2) is 5.43 Å². The van der Waals surface area contributed by atoms with Crippen LogP contribution in [-0.4, -0.2) is 11.6 Å². The van der Waals surface area contributed by atoms with Gasteiger partial charge in [0, 0.05) is 18.6 Å². The highest BCUT2D eigenvalue weighted by Crippen LogP contribution is 2.48. The van der Waals surface area contributed by atoms with Crippen LogP contribution >= 0.6 is 0 Å². The lowest BCUT2D eigenvalue weighted by Gasteiger charge is -2.20. The summed E-state index contributed by atoms with van der Waals surface area (Å²) in [6.45, 7) is 3.54. The minimum atomic E-state index is -0.0764. The smallest absolute Gasteiger partial charge is 0.236 e. The van der Waals surface area contributed by atoms with Crippen LogP contribution < -0.4 is 5.43 Å². The fourth-order valence-corrected chi connectivity index (χ4v) is 3.01. The standard InChI is InChI=1S/C11H18N2O/c1-7(12-13-8(2)14)11-6-9-3-4-10(11)5-9/h9-11H,3-6H2,1-2H3,(H,13,14)/b12-7-. The van der Waals surface area contributed by atoms with E-state index in [9.17, 15) is 4.79 Å². The number of carbonyl (C=O) groups excluding carboxylic acids is 1. The third-order valence-corrected chi connectivity index (χ3v) is 3.66. The lowest BCUT2D eigenvalue weighted by Crippen LogP contribution is -2.23. The first-order chi connectivity index (χ1) is 6.66. The third-order valence-electron chi connectivity index (χ3n) is 3.66. The Bertz CT molecular complexity index is 272. The molecule has 0 radical (unpaired) electrons. The zero-order valence-electron chi connectivity index (χ0n) is 8.92. The molecule has 0 aliphatic heterocycles. The van der Waals surface area contributed by atoms with Gasteiger partial charge in [0.25, 0.3) is 0 Å². The fourth-order valence-electron chi connectivity index (χ4n) is 3.01. The van der Waals surface area contributed by atoms with Crippen molar-refractivity contribution in [2.24, 2.45) is 22.9 Å². The highest BCUT2D eigenvalue weighted by atomic mass is 16.2. The monoisotopic (exact) mass is 194 g/mol. The first-order valence-corrected chi connectivity index (χ1v) is 5.47. The maximum absolute atomic E-state index is 10.7. The quantitative estimate of drug-likeness (QED) is 0.529. The summed E-state index contributed by atoms with van der Waals surface area (Å²) in [5, 5.41) is 4.14.